The van der Waals surface area contributed by atoms with Crippen LogP contribution < -0.4 is 4.74 Å². The molecule has 0 saturated heterocycles. The number of carbonyl (C=O) groups excluding carboxylic acids is 2. The van der Waals surface area contributed by atoms with Crippen molar-refractivity contribution in [3.8, 4) is 5.75 Å². The highest BCUT2D eigenvalue weighted by molar-refractivity contribution is 6.09. The Kier molecular flexibility index (Phi) is 5.00. The lowest BCUT2D eigenvalue weighted by molar-refractivity contribution is -0.134. The molecule has 4 aromatic rings. The second kappa shape index (κ2) is 8.11. The molecule has 5 heteroatoms. The summed E-state index contributed by atoms with van der Waals surface area (Å²) in [5.41, 5.74) is 4.76. The third-order valence-electron chi connectivity index (χ3n) is 5.75. The fraction of sp³-hybridized carbons (Fsp3) is 0.154. The number of ketones is 1. The minimum atomic E-state index is -0.0413. The Bertz CT molecular complexity index is 1240. The summed E-state index contributed by atoms with van der Waals surface area (Å²) < 4.78 is 5.71. The van der Waals surface area contributed by atoms with Gasteiger partial charge in [0, 0.05) is 52.8 Å². The Morgan fingerprint density at radius 2 is 1.58 bits per heavy atom. The Morgan fingerprint density at radius 1 is 0.871 bits per heavy atom. The summed E-state index contributed by atoms with van der Waals surface area (Å²) in [5, 5.41) is 1.18. The number of nitrogens with one attached hydrogen (secondary N) is 1. The number of aromatic nitrogens is 1. The number of aromatic amines is 1. The minimum absolute atomic E-state index is 0.0241. The largest absolute Gasteiger partial charge is 0.484 e. The summed E-state index contributed by atoms with van der Waals surface area (Å²) in [7, 11) is 0. The van der Waals surface area contributed by atoms with Gasteiger partial charge < -0.3 is 14.6 Å². The molecule has 0 bridgehead atoms. The zero-order valence-corrected chi connectivity index (χ0v) is 17.0. The SMILES string of the molecule is O=C(c1ccccc1)c1ccc(OCC(=O)N2CCc3[nH]c4ccccc4c3C2)cc1. The molecule has 3 aromatic carbocycles. The smallest absolute Gasteiger partial charge is 0.260 e. The van der Waals surface area contributed by atoms with Crippen molar-refractivity contribution in [3.05, 3.63) is 101 Å². The molecule has 0 aliphatic carbocycles. The molecule has 0 saturated carbocycles. The number of hydrogen-bond donors (Lipinski definition) is 1. The van der Waals surface area contributed by atoms with Crippen molar-refractivity contribution in [1.82, 2.24) is 9.88 Å². The quantitative estimate of drug-likeness (QED) is 0.497. The van der Waals surface area contributed by atoms with Gasteiger partial charge in [0.25, 0.3) is 5.91 Å². The molecule has 5 rings (SSSR count). The molecule has 1 aliphatic heterocycles. The number of fused-ring (bicyclic) bond motifs is 3. The third-order valence-corrected chi connectivity index (χ3v) is 5.75. The van der Waals surface area contributed by atoms with E-state index in [-0.39, 0.29) is 18.3 Å². The standard InChI is InChI=1S/C26H22N2O3/c29-25(28-15-14-24-22(16-28)21-8-4-5-9-23(21)27-24)17-31-20-12-10-19(11-13-20)26(30)18-6-2-1-3-7-18/h1-13,27H,14-17H2. The first kappa shape index (κ1) is 19.1. The second-order valence-electron chi connectivity index (χ2n) is 7.70. The lowest BCUT2D eigenvalue weighted by atomic mass is 10.0. The van der Waals surface area contributed by atoms with Crippen molar-refractivity contribution >= 4 is 22.6 Å². The molecule has 154 valence electrons. The fourth-order valence-corrected chi connectivity index (χ4v) is 4.07. The molecule has 0 radical (unpaired) electrons. The maximum atomic E-state index is 12.7. The van der Waals surface area contributed by atoms with E-state index in [1.54, 1.807) is 36.4 Å². The lowest BCUT2D eigenvalue weighted by Crippen LogP contribution is -2.38. The van der Waals surface area contributed by atoms with Crippen LogP contribution in [0.5, 0.6) is 5.75 Å². The van der Waals surface area contributed by atoms with Gasteiger partial charge in [-0.05, 0) is 30.3 Å². The average molecular weight is 410 g/mol. The highest BCUT2D eigenvalue weighted by Crippen LogP contribution is 2.27. The topological polar surface area (TPSA) is 62.4 Å². The van der Waals surface area contributed by atoms with E-state index in [1.807, 2.05) is 35.2 Å². The van der Waals surface area contributed by atoms with E-state index in [1.165, 1.54) is 16.6 Å². The van der Waals surface area contributed by atoms with Crippen molar-refractivity contribution in [1.29, 1.82) is 0 Å². The maximum absolute atomic E-state index is 12.7. The maximum Gasteiger partial charge on any atom is 0.260 e. The van der Waals surface area contributed by atoms with Crippen LogP contribution in [0.25, 0.3) is 10.9 Å². The van der Waals surface area contributed by atoms with Gasteiger partial charge in [0.15, 0.2) is 12.4 Å². The highest BCUT2D eigenvalue weighted by atomic mass is 16.5. The summed E-state index contributed by atoms with van der Waals surface area (Å²) in [6.07, 6.45) is 0.812. The number of rotatable bonds is 5. The predicted molar refractivity (Wildman–Crippen MR) is 119 cm³/mol. The average Bonchev–Trinajstić information content (AvgIpc) is 3.21. The number of benzene rings is 3. The zero-order valence-electron chi connectivity index (χ0n) is 17.0. The minimum Gasteiger partial charge on any atom is -0.484 e. The lowest BCUT2D eigenvalue weighted by Gasteiger charge is -2.27. The van der Waals surface area contributed by atoms with Crippen LogP contribution in [0.1, 0.15) is 27.2 Å². The normalized spacial score (nSPS) is 13.1. The van der Waals surface area contributed by atoms with Crippen LogP contribution in [-0.2, 0) is 17.8 Å². The van der Waals surface area contributed by atoms with E-state index >= 15 is 0 Å². The summed E-state index contributed by atoms with van der Waals surface area (Å²) in [6, 6.07) is 24.3. The molecular formula is C26H22N2O3. The van der Waals surface area contributed by atoms with Crippen molar-refractivity contribution in [2.75, 3.05) is 13.2 Å². The molecule has 2 heterocycles. The number of nitrogens with zero attached hydrogens (tertiary/aromatic N) is 1. The van der Waals surface area contributed by atoms with Crippen LogP contribution in [-0.4, -0.2) is 34.7 Å². The zero-order chi connectivity index (χ0) is 21.2. The Labute approximate surface area is 180 Å². The van der Waals surface area contributed by atoms with Gasteiger partial charge in [0.05, 0.1) is 0 Å². The van der Waals surface area contributed by atoms with Gasteiger partial charge in [0.1, 0.15) is 5.75 Å². The van der Waals surface area contributed by atoms with Crippen LogP contribution in [0.15, 0.2) is 78.9 Å². The van der Waals surface area contributed by atoms with Gasteiger partial charge in [-0.15, -0.1) is 0 Å². The number of amides is 1. The van der Waals surface area contributed by atoms with Crippen molar-refractivity contribution in [2.45, 2.75) is 13.0 Å². The Balaban J connectivity index is 1.21. The van der Waals surface area contributed by atoms with Gasteiger partial charge in [0.2, 0.25) is 0 Å². The number of H-pyrrole nitrogens is 1. The summed E-state index contributed by atoms with van der Waals surface area (Å²) in [6.45, 7) is 1.24. The molecule has 1 N–H and O–H groups in total. The van der Waals surface area contributed by atoms with E-state index in [0.717, 1.165) is 11.9 Å². The molecule has 1 amide bonds. The highest BCUT2D eigenvalue weighted by Gasteiger charge is 2.24. The van der Waals surface area contributed by atoms with Crippen LogP contribution in [0, 0.1) is 0 Å². The van der Waals surface area contributed by atoms with Gasteiger partial charge in [-0.25, -0.2) is 0 Å². The molecule has 5 nitrogen and oxygen atoms in total. The Morgan fingerprint density at radius 3 is 2.39 bits per heavy atom. The second-order valence-corrected chi connectivity index (χ2v) is 7.70. The molecule has 1 aromatic heterocycles. The first-order chi connectivity index (χ1) is 15.2. The molecule has 0 unspecified atom stereocenters. The van der Waals surface area contributed by atoms with Crippen LogP contribution in [0.4, 0.5) is 0 Å². The van der Waals surface area contributed by atoms with Crippen LogP contribution >= 0.6 is 0 Å². The monoisotopic (exact) mass is 410 g/mol. The number of ether oxygens (including phenoxy) is 1. The third kappa shape index (κ3) is 3.82. The summed E-state index contributed by atoms with van der Waals surface area (Å²) in [5.74, 6) is 0.495. The van der Waals surface area contributed by atoms with E-state index in [0.29, 0.717) is 30.0 Å². The van der Waals surface area contributed by atoms with E-state index in [2.05, 4.69) is 17.1 Å². The summed E-state index contributed by atoms with van der Waals surface area (Å²) in [4.78, 5) is 30.5. The van der Waals surface area contributed by atoms with Crippen molar-refractivity contribution < 1.29 is 14.3 Å². The molecule has 0 fully saturated rings. The fourth-order valence-electron chi connectivity index (χ4n) is 4.07. The number of carbonyl (C=O) groups is 2. The van der Waals surface area contributed by atoms with Gasteiger partial charge in [-0.2, -0.15) is 0 Å². The van der Waals surface area contributed by atoms with Crippen molar-refractivity contribution in [3.63, 3.8) is 0 Å². The molecule has 0 atom stereocenters. The van der Waals surface area contributed by atoms with E-state index in [4.69, 9.17) is 4.74 Å². The van der Waals surface area contributed by atoms with Gasteiger partial charge in [-0.3, -0.25) is 9.59 Å². The van der Waals surface area contributed by atoms with Gasteiger partial charge >= 0.3 is 0 Å². The summed E-state index contributed by atoms with van der Waals surface area (Å²) >= 11 is 0. The first-order valence-electron chi connectivity index (χ1n) is 10.4. The number of hydrogen-bond acceptors (Lipinski definition) is 3. The predicted octanol–water partition coefficient (Wildman–Crippen LogP) is 4.36. The number of para-hydroxylation sites is 1. The molecule has 1 aliphatic rings. The Hall–Kier alpha value is -3.86. The van der Waals surface area contributed by atoms with E-state index in [9.17, 15) is 9.59 Å². The molecular weight excluding hydrogens is 388 g/mol. The molecule has 31 heavy (non-hydrogen) atoms. The van der Waals surface area contributed by atoms with Crippen LogP contribution in [0.3, 0.4) is 0 Å². The van der Waals surface area contributed by atoms with Gasteiger partial charge in [-0.1, -0.05) is 48.5 Å². The van der Waals surface area contributed by atoms with E-state index < -0.39 is 0 Å². The van der Waals surface area contributed by atoms with Crippen LogP contribution in [0.2, 0.25) is 0 Å². The molecule has 0 spiro atoms. The first-order valence-corrected chi connectivity index (χ1v) is 10.4. The van der Waals surface area contributed by atoms with Crippen molar-refractivity contribution in [2.24, 2.45) is 0 Å².